The van der Waals surface area contributed by atoms with Crippen LogP contribution in [0.1, 0.15) is 31.7 Å². The number of primary amides is 1. The minimum absolute atomic E-state index is 0.0787. The lowest BCUT2D eigenvalue weighted by atomic mass is 10.1. The SMILES string of the molecule is C[C@H](N)C(=O)N[C@@H](CCC(N)=O)C(=O)N[C@@H](CC(=O)O)C(=O)N[C@@H](CO)C(=O)N[C@@H](CO)C(=O)N[C@@H](Cc1ccc(O)cc1)C(=O)O. The van der Waals surface area contributed by atoms with E-state index in [4.69, 9.17) is 11.5 Å². The number of aliphatic hydroxyl groups excluding tert-OH is 2. The molecule has 0 radical (unpaired) electrons. The number of hydrogen-bond acceptors (Lipinski definition) is 12. The van der Waals surface area contributed by atoms with Crippen molar-refractivity contribution in [1.82, 2.24) is 26.6 Å². The molecule has 0 unspecified atom stereocenters. The van der Waals surface area contributed by atoms with Crippen molar-refractivity contribution in [3.63, 3.8) is 0 Å². The van der Waals surface area contributed by atoms with Gasteiger partial charge in [-0.25, -0.2) is 4.79 Å². The number of benzene rings is 1. The van der Waals surface area contributed by atoms with Crippen molar-refractivity contribution in [3.05, 3.63) is 29.8 Å². The first-order chi connectivity index (χ1) is 22.0. The summed E-state index contributed by atoms with van der Waals surface area (Å²) in [5.74, 6) is -9.59. The molecule has 260 valence electrons. The summed E-state index contributed by atoms with van der Waals surface area (Å²) in [5, 5.41) is 58.1. The van der Waals surface area contributed by atoms with Crippen LogP contribution in [0.5, 0.6) is 5.75 Å². The zero-order valence-corrected chi connectivity index (χ0v) is 25.2. The monoisotopic (exact) mass is 669 g/mol. The topological polar surface area (TPSA) is 350 Å². The van der Waals surface area contributed by atoms with Crippen LogP contribution < -0.4 is 38.1 Å². The van der Waals surface area contributed by atoms with Crippen molar-refractivity contribution in [1.29, 1.82) is 0 Å². The van der Waals surface area contributed by atoms with Crippen LogP contribution in [0.25, 0.3) is 0 Å². The maximum absolute atomic E-state index is 12.9. The lowest BCUT2D eigenvalue weighted by Gasteiger charge is -2.25. The van der Waals surface area contributed by atoms with Gasteiger partial charge in [-0.2, -0.15) is 0 Å². The largest absolute Gasteiger partial charge is 0.508 e. The second kappa shape index (κ2) is 19.2. The van der Waals surface area contributed by atoms with Gasteiger partial charge >= 0.3 is 11.9 Å². The van der Waals surface area contributed by atoms with E-state index < -0.39 is 103 Å². The number of aliphatic carboxylic acids is 2. The summed E-state index contributed by atoms with van der Waals surface area (Å²) in [6, 6.07) is -4.21. The summed E-state index contributed by atoms with van der Waals surface area (Å²) in [5.41, 5.74) is 11.0. The summed E-state index contributed by atoms with van der Waals surface area (Å²) in [6.45, 7) is -0.867. The van der Waals surface area contributed by atoms with Gasteiger partial charge in [0.1, 0.15) is 36.0 Å². The summed E-state index contributed by atoms with van der Waals surface area (Å²) < 4.78 is 0. The highest BCUT2D eigenvalue weighted by atomic mass is 16.4. The second-order valence-electron chi connectivity index (χ2n) is 10.3. The zero-order valence-electron chi connectivity index (χ0n) is 25.2. The number of carbonyl (C=O) groups excluding carboxylic acids is 6. The van der Waals surface area contributed by atoms with Gasteiger partial charge < -0.3 is 63.6 Å². The summed E-state index contributed by atoms with van der Waals surface area (Å²) in [6.07, 6.45) is -2.01. The maximum atomic E-state index is 12.9. The number of aromatic hydroxyl groups is 1. The Morgan fingerprint density at radius 2 is 1.11 bits per heavy atom. The molecule has 1 rings (SSSR count). The van der Waals surface area contributed by atoms with Gasteiger partial charge in [-0.1, -0.05) is 12.1 Å². The van der Waals surface area contributed by atoms with Gasteiger partial charge in [0, 0.05) is 12.8 Å². The molecule has 0 fully saturated rings. The lowest BCUT2D eigenvalue weighted by Crippen LogP contribution is -2.60. The van der Waals surface area contributed by atoms with E-state index in [1.165, 1.54) is 31.2 Å². The third-order valence-electron chi connectivity index (χ3n) is 6.36. The normalized spacial score (nSPS) is 14.6. The van der Waals surface area contributed by atoms with E-state index in [0.717, 1.165) is 0 Å². The van der Waals surface area contributed by atoms with Gasteiger partial charge in [-0.05, 0) is 31.0 Å². The molecule has 0 aliphatic rings. The molecular formula is C27H39N7O13. The third-order valence-corrected chi connectivity index (χ3v) is 6.36. The molecular weight excluding hydrogens is 630 g/mol. The molecule has 0 aliphatic carbocycles. The van der Waals surface area contributed by atoms with E-state index in [1.54, 1.807) is 0 Å². The number of carbonyl (C=O) groups is 8. The highest BCUT2D eigenvalue weighted by Gasteiger charge is 2.33. The number of nitrogens with two attached hydrogens (primary N) is 2. The number of phenolic OH excluding ortho intramolecular Hbond substituents is 1. The van der Waals surface area contributed by atoms with Crippen LogP contribution in [0.2, 0.25) is 0 Å². The number of phenols is 1. The van der Waals surface area contributed by atoms with Crippen molar-refractivity contribution < 1.29 is 63.9 Å². The van der Waals surface area contributed by atoms with Gasteiger partial charge in [0.15, 0.2) is 0 Å². The molecule has 6 atom stereocenters. The highest BCUT2D eigenvalue weighted by Crippen LogP contribution is 2.11. The van der Waals surface area contributed by atoms with Gasteiger partial charge in [0.25, 0.3) is 0 Å². The number of carboxylic acid groups (broad SMARTS) is 2. The fourth-order valence-corrected chi connectivity index (χ4v) is 3.79. The van der Waals surface area contributed by atoms with Crippen LogP contribution in [0.15, 0.2) is 24.3 Å². The van der Waals surface area contributed by atoms with E-state index in [2.05, 4.69) is 16.0 Å². The first kappa shape index (κ1) is 39.7. The number of aliphatic hydroxyl groups is 2. The Kier molecular flexibility index (Phi) is 16.2. The Bertz CT molecular complexity index is 1310. The summed E-state index contributed by atoms with van der Waals surface area (Å²) in [4.78, 5) is 97.7. The Morgan fingerprint density at radius 3 is 1.53 bits per heavy atom. The number of carboxylic acids is 2. The molecule has 1 aromatic carbocycles. The molecule has 0 spiro atoms. The molecule has 6 amide bonds. The molecule has 0 saturated heterocycles. The van der Waals surface area contributed by atoms with E-state index in [0.29, 0.717) is 5.56 Å². The Balaban J connectivity index is 3.01. The minimum Gasteiger partial charge on any atom is -0.508 e. The van der Waals surface area contributed by atoms with Crippen LogP contribution in [0.4, 0.5) is 0 Å². The standard InChI is InChI=1S/C27H39N7O13/c1-12(28)22(41)30-15(6-7-20(29)38)23(42)31-16(9-21(39)40)24(43)33-19(11-36)26(45)34-18(10-35)25(44)32-17(27(46)47)8-13-2-4-14(37)5-3-13/h2-5,12,15-19,35-37H,6-11,28H2,1H3,(H2,29,38)(H,30,41)(H,31,42)(H,32,44)(H,33,43)(H,34,45)(H,39,40)(H,46,47)/t12-,15-,16-,17-,18-,19-/m0/s1. The van der Waals surface area contributed by atoms with Crippen LogP contribution in [0.3, 0.4) is 0 Å². The van der Waals surface area contributed by atoms with Crippen molar-refractivity contribution in [2.75, 3.05) is 13.2 Å². The number of rotatable bonds is 20. The molecule has 20 heteroatoms. The lowest BCUT2D eigenvalue weighted by molar-refractivity contribution is -0.142. The van der Waals surface area contributed by atoms with Crippen LogP contribution in [0, 0.1) is 0 Å². The predicted octanol–water partition coefficient (Wildman–Crippen LogP) is -5.48. The van der Waals surface area contributed by atoms with E-state index in [-0.39, 0.29) is 25.0 Å². The molecule has 0 aromatic heterocycles. The summed E-state index contributed by atoms with van der Waals surface area (Å²) >= 11 is 0. The highest BCUT2D eigenvalue weighted by molar-refractivity contribution is 5.97. The van der Waals surface area contributed by atoms with Crippen molar-refractivity contribution >= 4 is 47.4 Å². The van der Waals surface area contributed by atoms with Crippen molar-refractivity contribution in [2.45, 2.75) is 68.9 Å². The van der Waals surface area contributed by atoms with E-state index >= 15 is 0 Å². The Labute approximate surface area is 267 Å². The molecule has 0 aliphatic heterocycles. The fourth-order valence-electron chi connectivity index (χ4n) is 3.79. The zero-order chi connectivity index (χ0) is 35.8. The van der Waals surface area contributed by atoms with Crippen LogP contribution >= 0.6 is 0 Å². The molecule has 0 bridgehead atoms. The molecule has 47 heavy (non-hydrogen) atoms. The van der Waals surface area contributed by atoms with Gasteiger partial charge in [-0.15, -0.1) is 0 Å². The average molecular weight is 670 g/mol. The first-order valence-electron chi connectivity index (χ1n) is 14.0. The number of nitrogens with one attached hydrogen (secondary N) is 5. The molecule has 0 heterocycles. The Morgan fingerprint density at radius 1 is 0.681 bits per heavy atom. The van der Waals surface area contributed by atoms with Crippen molar-refractivity contribution in [3.8, 4) is 5.75 Å². The maximum Gasteiger partial charge on any atom is 0.326 e. The van der Waals surface area contributed by atoms with Gasteiger partial charge in [0.05, 0.1) is 25.7 Å². The van der Waals surface area contributed by atoms with Gasteiger partial charge in [-0.3, -0.25) is 33.6 Å². The Hall–Kier alpha value is -5.34. The molecule has 20 nitrogen and oxygen atoms in total. The number of hydrogen-bond donors (Lipinski definition) is 12. The summed E-state index contributed by atoms with van der Waals surface area (Å²) in [7, 11) is 0. The molecule has 1 aromatic rings. The fraction of sp³-hybridized carbons (Fsp3) is 0.481. The second-order valence-corrected chi connectivity index (χ2v) is 10.3. The first-order valence-corrected chi connectivity index (χ1v) is 14.0. The van der Waals surface area contributed by atoms with E-state index in [1.807, 2.05) is 10.6 Å². The predicted molar refractivity (Wildman–Crippen MR) is 158 cm³/mol. The smallest absolute Gasteiger partial charge is 0.326 e. The quantitative estimate of drug-likeness (QED) is 0.0616. The van der Waals surface area contributed by atoms with Crippen molar-refractivity contribution in [2.24, 2.45) is 11.5 Å². The third kappa shape index (κ3) is 14.1. The molecule has 0 saturated carbocycles. The van der Waals surface area contributed by atoms with Crippen LogP contribution in [-0.4, -0.2) is 122 Å². The van der Waals surface area contributed by atoms with E-state index in [9.17, 15) is 63.9 Å². The molecule has 14 N–H and O–H groups in total. The van der Waals surface area contributed by atoms with Crippen LogP contribution in [-0.2, 0) is 44.8 Å². The minimum atomic E-state index is -1.89. The number of amides is 6. The van der Waals surface area contributed by atoms with Gasteiger partial charge in [0.2, 0.25) is 35.4 Å². The average Bonchev–Trinajstić information content (AvgIpc) is 2.99.